The Morgan fingerprint density at radius 3 is 2.71 bits per heavy atom. The number of aromatic nitrogens is 5. The van der Waals surface area contributed by atoms with E-state index in [2.05, 4.69) is 20.1 Å². The van der Waals surface area contributed by atoms with Crippen LogP contribution < -0.4 is 5.56 Å². The Balaban J connectivity index is 1.33. The average Bonchev–Trinajstić information content (AvgIpc) is 3.37. The van der Waals surface area contributed by atoms with E-state index in [0.29, 0.717) is 12.5 Å². The number of rotatable bonds is 6. The van der Waals surface area contributed by atoms with E-state index >= 15 is 0 Å². The van der Waals surface area contributed by atoms with Crippen LogP contribution in [0.15, 0.2) is 27.7 Å². The summed E-state index contributed by atoms with van der Waals surface area (Å²) >= 11 is 1.59. The Bertz CT molecular complexity index is 1100. The number of carbonyl (C=O) groups excluding carboxylic acids is 1. The lowest BCUT2D eigenvalue weighted by Crippen LogP contribution is -2.42. The van der Waals surface area contributed by atoms with Gasteiger partial charge in [-0.2, -0.15) is 16.4 Å². The minimum atomic E-state index is -0.142. The summed E-state index contributed by atoms with van der Waals surface area (Å²) in [6.07, 6.45) is 2.54. The summed E-state index contributed by atoms with van der Waals surface area (Å²) in [5.74, 6) is 2.72. The number of nitrogens with one attached hydrogen (secondary N) is 1. The van der Waals surface area contributed by atoms with Gasteiger partial charge in [-0.15, -0.1) is 0 Å². The molecule has 0 aromatic carbocycles. The van der Waals surface area contributed by atoms with Gasteiger partial charge in [0.25, 0.3) is 5.56 Å². The van der Waals surface area contributed by atoms with E-state index in [9.17, 15) is 9.59 Å². The maximum absolute atomic E-state index is 12.9. The molecule has 1 saturated heterocycles. The van der Waals surface area contributed by atoms with Gasteiger partial charge < -0.3 is 9.88 Å². The second-order valence-electron chi connectivity index (χ2n) is 8.35. The molecule has 0 bridgehead atoms. The van der Waals surface area contributed by atoms with Crippen LogP contribution in [0.2, 0.25) is 0 Å². The van der Waals surface area contributed by atoms with Crippen LogP contribution in [0.3, 0.4) is 0 Å². The number of amides is 1. The minimum Gasteiger partial charge on any atom is -0.342 e. The van der Waals surface area contributed by atoms with Crippen molar-refractivity contribution in [3.05, 3.63) is 50.7 Å². The first kappa shape index (κ1) is 21.4. The lowest BCUT2D eigenvalue weighted by Gasteiger charge is -2.33. The smallest absolute Gasteiger partial charge is 0.251 e. The number of H-pyrrole nitrogens is 1. The van der Waals surface area contributed by atoms with Crippen LogP contribution in [-0.4, -0.2) is 48.6 Å². The van der Waals surface area contributed by atoms with E-state index in [-0.39, 0.29) is 17.4 Å². The number of piperidine rings is 1. The number of thiophene rings is 1. The van der Waals surface area contributed by atoms with E-state index in [0.717, 1.165) is 61.1 Å². The zero-order chi connectivity index (χ0) is 22.0. The van der Waals surface area contributed by atoms with Crippen LogP contribution >= 0.6 is 11.3 Å². The molecule has 3 aromatic heterocycles. The fraction of sp³-hybridized carbons (Fsp3) is 0.500. The Morgan fingerprint density at radius 1 is 1.29 bits per heavy atom. The summed E-state index contributed by atoms with van der Waals surface area (Å²) in [5.41, 5.74) is 1.58. The molecule has 0 radical (unpaired) electrons. The number of carbonyl (C=O) groups is 1. The number of hydrogen-bond acceptors (Lipinski definition) is 6. The standard InChI is InChI=1S/C22H28N6O2S/c1-14(12-28-16(3)23-15(2)26-28)22(30)27-7-4-17(5-8-27)10-20-24-19(11-21(29)25-20)18-6-9-31-13-18/h6,9,11,13-14,17H,4-5,7-8,10,12H2,1-3H3,(H,24,25,29)/t14-/m0/s1. The molecule has 1 amide bonds. The fourth-order valence-electron chi connectivity index (χ4n) is 4.18. The Labute approximate surface area is 185 Å². The molecule has 1 N–H and O–H groups in total. The predicted octanol–water partition coefficient (Wildman–Crippen LogP) is 2.82. The first-order valence-electron chi connectivity index (χ1n) is 10.7. The first-order chi connectivity index (χ1) is 14.9. The van der Waals surface area contributed by atoms with E-state index in [1.807, 2.05) is 47.2 Å². The molecular formula is C22H28N6O2S. The summed E-state index contributed by atoms with van der Waals surface area (Å²) in [7, 11) is 0. The maximum Gasteiger partial charge on any atom is 0.251 e. The molecule has 8 nitrogen and oxygen atoms in total. The third-order valence-electron chi connectivity index (χ3n) is 5.85. The Hall–Kier alpha value is -2.81. The van der Waals surface area contributed by atoms with Crippen LogP contribution in [0.5, 0.6) is 0 Å². The molecule has 0 spiro atoms. The van der Waals surface area contributed by atoms with Crippen molar-refractivity contribution in [1.29, 1.82) is 0 Å². The van der Waals surface area contributed by atoms with Crippen molar-refractivity contribution in [2.45, 2.75) is 46.6 Å². The molecule has 1 fully saturated rings. The summed E-state index contributed by atoms with van der Waals surface area (Å²) in [4.78, 5) is 38.8. The van der Waals surface area contributed by atoms with Gasteiger partial charge in [0.2, 0.25) is 5.91 Å². The molecule has 3 aromatic rings. The number of likely N-dealkylation sites (tertiary alicyclic amines) is 1. The molecular weight excluding hydrogens is 412 g/mol. The van der Waals surface area contributed by atoms with Gasteiger partial charge in [-0.05, 0) is 44.1 Å². The van der Waals surface area contributed by atoms with E-state index < -0.39 is 0 Å². The normalized spacial score (nSPS) is 15.9. The monoisotopic (exact) mass is 440 g/mol. The zero-order valence-corrected chi connectivity index (χ0v) is 19.0. The Kier molecular flexibility index (Phi) is 6.31. The van der Waals surface area contributed by atoms with Crippen molar-refractivity contribution in [2.75, 3.05) is 13.1 Å². The summed E-state index contributed by atoms with van der Waals surface area (Å²) in [6, 6.07) is 3.52. The number of nitrogens with zero attached hydrogens (tertiary/aromatic N) is 5. The van der Waals surface area contributed by atoms with Gasteiger partial charge in [0.05, 0.1) is 18.2 Å². The molecule has 0 aliphatic carbocycles. The molecule has 4 heterocycles. The van der Waals surface area contributed by atoms with Gasteiger partial charge in [-0.3, -0.25) is 9.59 Å². The van der Waals surface area contributed by atoms with Gasteiger partial charge in [-0.25, -0.2) is 14.6 Å². The molecule has 9 heteroatoms. The van der Waals surface area contributed by atoms with Crippen LogP contribution in [0.4, 0.5) is 0 Å². The van der Waals surface area contributed by atoms with Crippen molar-refractivity contribution in [3.63, 3.8) is 0 Å². The van der Waals surface area contributed by atoms with Crippen molar-refractivity contribution < 1.29 is 4.79 Å². The third kappa shape index (κ3) is 5.10. The zero-order valence-electron chi connectivity index (χ0n) is 18.2. The topological polar surface area (TPSA) is 96.8 Å². The van der Waals surface area contributed by atoms with Crippen molar-refractivity contribution >= 4 is 17.2 Å². The van der Waals surface area contributed by atoms with Crippen molar-refractivity contribution in [1.82, 2.24) is 29.6 Å². The summed E-state index contributed by atoms with van der Waals surface area (Å²) in [5, 5.41) is 8.35. The highest BCUT2D eigenvalue weighted by Crippen LogP contribution is 2.23. The second kappa shape index (κ2) is 9.13. The summed E-state index contributed by atoms with van der Waals surface area (Å²) < 4.78 is 1.81. The minimum absolute atomic E-state index is 0.119. The predicted molar refractivity (Wildman–Crippen MR) is 120 cm³/mol. The number of aromatic amines is 1. The molecule has 164 valence electrons. The van der Waals surface area contributed by atoms with Gasteiger partial charge in [-0.1, -0.05) is 6.92 Å². The first-order valence-corrected chi connectivity index (χ1v) is 11.6. The second-order valence-corrected chi connectivity index (χ2v) is 9.13. The fourth-order valence-corrected chi connectivity index (χ4v) is 4.83. The van der Waals surface area contributed by atoms with E-state index in [1.54, 1.807) is 17.4 Å². The van der Waals surface area contributed by atoms with E-state index in [4.69, 9.17) is 0 Å². The van der Waals surface area contributed by atoms with Gasteiger partial charge >= 0.3 is 0 Å². The molecule has 1 aliphatic heterocycles. The van der Waals surface area contributed by atoms with Crippen LogP contribution in [0, 0.1) is 25.7 Å². The Morgan fingerprint density at radius 2 is 2.06 bits per heavy atom. The summed E-state index contributed by atoms with van der Waals surface area (Å²) in [6.45, 7) is 7.74. The van der Waals surface area contributed by atoms with Crippen LogP contribution in [-0.2, 0) is 17.8 Å². The van der Waals surface area contributed by atoms with Crippen LogP contribution in [0.25, 0.3) is 11.3 Å². The molecule has 31 heavy (non-hydrogen) atoms. The third-order valence-corrected chi connectivity index (χ3v) is 6.53. The molecule has 0 unspecified atom stereocenters. The van der Waals surface area contributed by atoms with E-state index in [1.165, 1.54) is 0 Å². The van der Waals surface area contributed by atoms with Crippen LogP contribution in [0.1, 0.15) is 37.2 Å². The van der Waals surface area contributed by atoms with Gasteiger partial charge in [0.15, 0.2) is 0 Å². The highest BCUT2D eigenvalue weighted by Gasteiger charge is 2.27. The number of hydrogen-bond donors (Lipinski definition) is 1. The van der Waals surface area contributed by atoms with Gasteiger partial charge in [0.1, 0.15) is 17.5 Å². The highest BCUT2D eigenvalue weighted by atomic mass is 32.1. The lowest BCUT2D eigenvalue weighted by atomic mass is 9.92. The lowest BCUT2D eigenvalue weighted by molar-refractivity contribution is -0.136. The molecule has 1 atom stereocenters. The SMILES string of the molecule is Cc1nc(C)n(C[C@H](C)C(=O)N2CCC(Cc3nc(-c4ccsc4)cc(=O)[nH]3)CC2)n1. The quantitative estimate of drug-likeness (QED) is 0.636. The van der Waals surface area contributed by atoms with Crippen molar-refractivity contribution in [2.24, 2.45) is 11.8 Å². The highest BCUT2D eigenvalue weighted by molar-refractivity contribution is 7.08. The molecule has 4 rings (SSSR count). The number of aryl methyl sites for hydroxylation is 2. The molecule has 1 aliphatic rings. The maximum atomic E-state index is 12.9. The van der Waals surface area contributed by atoms with Crippen molar-refractivity contribution in [3.8, 4) is 11.3 Å². The average molecular weight is 441 g/mol. The largest absolute Gasteiger partial charge is 0.342 e. The molecule has 0 saturated carbocycles. The van der Waals surface area contributed by atoms with Gasteiger partial charge in [0, 0.05) is 36.5 Å².